The molecule has 3 N–H and O–H groups in total. The Labute approximate surface area is 174 Å². The minimum absolute atomic E-state index is 0.0460. The summed E-state index contributed by atoms with van der Waals surface area (Å²) < 4.78 is 5.76. The van der Waals surface area contributed by atoms with Gasteiger partial charge in [0.2, 0.25) is 11.8 Å². The van der Waals surface area contributed by atoms with Crippen LogP contribution in [0.1, 0.15) is 30.7 Å². The second-order valence-electron chi connectivity index (χ2n) is 7.19. The first-order chi connectivity index (χ1) is 14.6. The zero-order valence-corrected chi connectivity index (χ0v) is 16.7. The molecule has 8 heteroatoms. The number of carbonyl (C=O) groups excluding carboxylic acids is 2. The van der Waals surface area contributed by atoms with E-state index in [0.29, 0.717) is 31.7 Å². The highest BCUT2D eigenvalue weighted by molar-refractivity contribution is 5.94. The van der Waals surface area contributed by atoms with Crippen molar-refractivity contribution in [2.24, 2.45) is 0 Å². The lowest BCUT2D eigenvalue weighted by atomic mass is 10.0. The second kappa shape index (κ2) is 8.77. The van der Waals surface area contributed by atoms with Gasteiger partial charge in [0, 0.05) is 29.8 Å². The van der Waals surface area contributed by atoms with Crippen molar-refractivity contribution in [3.8, 4) is 17.1 Å². The van der Waals surface area contributed by atoms with Gasteiger partial charge in [-0.1, -0.05) is 0 Å². The number of aryl methyl sites for hydroxylation is 2. The van der Waals surface area contributed by atoms with Gasteiger partial charge in [-0.2, -0.15) is 5.10 Å². The maximum absolute atomic E-state index is 12.2. The lowest BCUT2D eigenvalue weighted by Gasteiger charge is -2.17. The lowest BCUT2D eigenvalue weighted by Crippen LogP contribution is -2.18. The Morgan fingerprint density at radius 1 is 1.17 bits per heavy atom. The normalized spacial score (nSPS) is 12.8. The highest BCUT2D eigenvalue weighted by Gasteiger charge is 2.15. The van der Waals surface area contributed by atoms with E-state index in [1.807, 2.05) is 49.4 Å². The maximum atomic E-state index is 12.2. The molecule has 0 saturated carbocycles. The number of nitrogens with one attached hydrogen (secondary N) is 3. The fourth-order valence-corrected chi connectivity index (χ4v) is 3.27. The van der Waals surface area contributed by atoms with Crippen LogP contribution in [0, 0.1) is 6.92 Å². The van der Waals surface area contributed by atoms with Crippen LogP contribution in [0.3, 0.4) is 0 Å². The van der Waals surface area contributed by atoms with Crippen molar-refractivity contribution in [2.75, 3.05) is 17.2 Å². The van der Waals surface area contributed by atoms with Crippen molar-refractivity contribution >= 4 is 23.2 Å². The zero-order valence-electron chi connectivity index (χ0n) is 16.7. The van der Waals surface area contributed by atoms with Crippen molar-refractivity contribution in [3.05, 3.63) is 53.9 Å². The predicted octanol–water partition coefficient (Wildman–Crippen LogP) is 3.46. The van der Waals surface area contributed by atoms with E-state index in [1.165, 1.54) is 0 Å². The van der Waals surface area contributed by atoms with Gasteiger partial charge in [0.05, 0.1) is 6.61 Å². The summed E-state index contributed by atoms with van der Waals surface area (Å²) in [4.78, 5) is 27.9. The molecule has 0 spiro atoms. The molecular weight excluding hydrogens is 382 g/mol. The first-order valence-electron chi connectivity index (χ1n) is 9.92. The lowest BCUT2D eigenvalue weighted by molar-refractivity contribution is -0.117. The molecule has 154 valence electrons. The minimum atomic E-state index is -0.0618. The van der Waals surface area contributed by atoms with Crippen LogP contribution in [-0.2, 0) is 16.0 Å². The third-order valence-corrected chi connectivity index (χ3v) is 4.81. The zero-order chi connectivity index (χ0) is 20.9. The van der Waals surface area contributed by atoms with Gasteiger partial charge in [0.25, 0.3) is 0 Å². The molecule has 8 nitrogen and oxygen atoms in total. The topological polar surface area (TPSA) is 109 Å². The molecule has 2 amide bonds. The number of amides is 2. The number of benzene rings is 2. The van der Waals surface area contributed by atoms with Crippen LogP contribution >= 0.6 is 0 Å². The summed E-state index contributed by atoms with van der Waals surface area (Å²) >= 11 is 0. The Kier molecular flexibility index (Phi) is 5.74. The molecule has 0 fully saturated rings. The minimum Gasteiger partial charge on any atom is -0.494 e. The quantitative estimate of drug-likeness (QED) is 0.522. The third-order valence-electron chi connectivity index (χ3n) is 4.81. The van der Waals surface area contributed by atoms with E-state index < -0.39 is 0 Å². The molecule has 0 aliphatic carbocycles. The molecule has 1 aromatic heterocycles. The molecule has 0 unspecified atom stereocenters. The largest absolute Gasteiger partial charge is 0.494 e. The first kappa shape index (κ1) is 19.6. The summed E-state index contributed by atoms with van der Waals surface area (Å²) in [5, 5.41) is 12.7. The smallest absolute Gasteiger partial charge is 0.224 e. The summed E-state index contributed by atoms with van der Waals surface area (Å²) in [7, 11) is 0. The summed E-state index contributed by atoms with van der Waals surface area (Å²) in [6.07, 6.45) is 2.18. The summed E-state index contributed by atoms with van der Waals surface area (Å²) in [6.45, 7) is 2.29. The number of hydrogen-bond acceptors (Lipinski definition) is 5. The Morgan fingerprint density at radius 3 is 2.77 bits per heavy atom. The molecule has 0 bridgehead atoms. The molecule has 1 aliphatic heterocycles. The number of H-pyrrole nitrogens is 1. The SMILES string of the molecule is Cc1nc(-c2ccc(NC(=O)CCCOc3ccc4c(c3)CCC(=O)N4)cc2)n[nH]1. The van der Waals surface area contributed by atoms with Crippen LogP contribution in [0.4, 0.5) is 11.4 Å². The maximum Gasteiger partial charge on any atom is 0.224 e. The molecule has 0 saturated heterocycles. The van der Waals surface area contributed by atoms with E-state index in [2.05, 4.69) is 25.8 Å². The molecule has 3 aromatic rings. The van der Waals surface area contributed by atoms with Gasteiger partial charge in [-0.25, -0.2) is 4.98 Å². The van der Waals surface area contributed by atoms with Gasteiger partial charge in [-0.15, -0.1) is 0 Å². The van der Waals surface area contributed by atoms with Crippen LogP contribution in [-0.4, -0.2) is 33.6 Å². The Balaban J connectivity index is 1.21. The number of nitrogens with zero attached hydrogens (tertiary/aromatic N) is 2. The van der Waals surface area contributed by atoms with Crippen LogP contribution in [0.15, 0.2) is 42.5 Å². The monoisotopic (exact) mass is 405 g/mol. The average Bonchev–Trinajstić information content (AvgIpc) is 3.18. The van der Waals surface area contributed by atoms with Gasteiger partial charge >= 0.3 is 0 Å². The molecule has 2 aromatic carbocycles. The van der Waals surface area contributed by atoms with Crippen LogP contribution in [0.2, 0.25) is 0 Å². The number of rotatable bonds is 7. The number of aromatic amines is 1. The van der Waals surface area contributed by atoms with E-state index >= 15 is 0 Å². The number of hydrogen-bond donors (Lipinski definition) is 3. The number of fused-ring (bicyclic) bond motifs is 1. The van der Waals surface area contributed by atoms with E-state index in [0.717, 1.165) is 40.5 Å². The van der Waals surface area contributed by atoms with E-state index in [4.69, 9.17) is 4.74 Å². The van der Waals surface area contributed by atoms with E-state index in [-0.39, 0.29) is 11.8 Å². The van der Waals surface area contributed by atoms with Gasteiger partial charge < -0.3 is 15.4 Å². The van der Waals surface area contributed by atoms with Crippen molar-refractivity contribution < 1.29 is 14.3 Å². The van der Waals surface area contributed by atoms with Crippen LogP contribution < -0.4 is 15.4 Å². The summed E-state index contributed by atoms with van der Waals surface area (Å²) in [5.74, 6) is 2.12. The second-order valence-corrected chi connectivity index (χ2v) is 7.19. The molecule has 1 aliphatic rings. The number of anilines is 2. The van der Waals surface area contributed by atoms with Crippen molar-refractivity contribution in [1.82, 2.24) is 15.2 Å². The Bertz CT molecular complexity index is 1060. The van der Waals surface area contributed by atoms with Crippen molar-refractivity contribution in [3.63, 3.8) is 0 Å². The predicted molar refractivity (Wildman–Crippen MR) is 113 cm³/mol. The fourth-order valence-electron chi connectivity index (χ4n) is 3.27. The van der Waals surface area contributed by atoms with E-state index in [1.54, 1.807) is 0 Å². The van der Waals surface area contributed by atoms with E-state index in [9.17, 15) is 9.59 Å². The van der Waals surface area contributed by atoms with Crippen LogP contribution in [0.25, 0.3) is 11.4 Å². The molecule has 2 heterocycles. The molecule has 4 rings (SSSR count). The van der Waals surface area contributed by atoms with Crippen molar-refractivity contribution in [1.29, 1.82) is 0 Å². The van der Waals surface area contributed by atoms with Gasteiger partial charge in [-0.3, -0.25) is 14.7 Å². The van der Waals surface area contributed by atoms with Crippen LogP contribution in [0.5, 0.6) is 5.75 Å². The molecule has 30 heavy (non-hydrogen) atoms. The summed E-state index contributed by atoms with van der Waals surface area (Å²) in [5.41, 5.74) is 3.54. The Morgan fingerprint density at radius 2 is 2.00 bits per heavy atom. The molecular formula is C22H23N5O3. The standard InChI is InChI=1S/C22H23N5O3/c1-14-23-22(27-26-14)15-4-7-17(8-5-15)24-20(28)3-2-12-30-18-9-10-19-16(13-18)6-11-21(29)25-19/h4-5,7-10,13H,2-3,6,11-12H2,1H3,(H,24,28)(H,25,29)(H,23,26,27). The van der Waals surface area contributed by atoms with Gasteiger partial charge in [-0.05, 0) is 67.8 Å². The number of carbonyl (C=O) groups is 2. The first-order valence-corrected chi connectivity index (χ1v) is 9.92. The van der Waals surface area contributed by atoms with Crippen molar-refractivity contribution in [2.45, 2.75) is 32.6 Å². The number of aromatic nitrogens is 3. The fraction of sp³-hybridized carbons (Fsp3) is 0.273. The Hall–Kier alpha value is -3.68. The number of ether oxygens (including phenoxy) is 1. The molecule has 0 atom stereocenters. The third kappa shape index (κ3) is 4.83. The molecule has 0 radical (unpaired) electrons. The highest BCUT2D eigenvalue weighted by atomic mass is 16.5. The van der Waals surface area contributed by atoms with Gasteiger partial charge in [0.1, 0.15) is 11.6 Å². The van der Waals surface area contributed by atoms with Gasteiger partial charge in [0.15, 0.2) is 5.82 Å². The highest BCUT2D eigenvalue weighted by Crippen LogP contribution is 2.27. The summed E-state index contributed by atoms with van der Waals surface area (Å²) in [6, 6.07) is 13.1. The average molecular weight is 405 g/mol.